The normalized spacial score (nSPS) is 12.3. The average Bonchev–Trinajstić information content (AvgIpc) is 3.38. The SMILES string of the molecule is Cc1oc2nc(-c3cc(C(C)(C)C)c4ccccc4c3)cc(-c3csc4ccccc34)c2c1C. The van der Waals surface area contributed by atoms with Gasteiger partial charge in [-0.15, -0.1) is 11.3 Å². The number of aromatic nitrogens is 1. The molecule has 0 atom stereocenters. The van der Waals surface area contributed by atoms with E-state index in [-0.39, 0.29) is 5.41 Å². The third-order valence-electron chi connectivity index (χ3n) is 6.88. The van der Waals surface area contributed by atoms with Crippen LogP contribution in [0.15, 0.2) is 76.5 Å². The van der Waals surface area contributed by atoms with Crippen LogP contribution in [0.2, 0.25) is 0 Å². The van der Waals surface area contributed by atoms with E-state index in [1.807, 2.05) is 6.92 Å². The van der Waals surface area contributed by atoms with E-state index >= 15 is 0 Å². The largest absolute Gasteiger partial charge is 0.443 e. The zero-order valence-electron chi connectivity index (χ0n) is 20.2. The number of rotatable bonds is 2. The van der Waals surface area contributed by atoms with E-state index in [1.165, 1.54) is 37.5 Å². The molecule has 2 nitrogen and oxygen atoms in total. The molecule has 3 aromatic carbocycles. The first-order chi connectivity index (χ1) is 16.3. The molecule has 3 heterocycles. The molecule has 0 saturated heterocycles. The van der Waals surface area contributed by atoms with Crippen LogP contribution >= 0.6 is 11.3 Å². The minimum Gasteiger partial charge on any atom is -0.443 e. The fraction of sp³-hybridized carbons (Fsp3) is 0.194. The highest BCUT2D eigenvalue weighted by Gasteiger charge is 2.22. The lowest BCUT2D eigenvalue weighted by atomic mass is 9.82. The Balaban J connectivity index is 1.68. The Morgan fingerprint density at radius 2 is 1.56 bits per heavy atom. The molecule has 0 fully saturated rings. The first kappa shape index (κ1) is 21.1. The van der Waals surface area contributed by atoms with Gasteiger partial charge in [0.1, 0.15) is 5.76 Å². The molecule has 0 aliphatic rings. The summed E-state index contributed by atoms with van der Waals surface area (Å²) in [6, 6.07) is 24.1. The number of hydrogen-bond donors (Lipinski definition) is 0. The number of benzene rings is 3. The highest BCUT2D eigenvalue weighted by Crippen LogP contribution is 2.42. The van der Waals surface area contributed by atoms with Gasteiger partial charge in [0.05, 0.1) is 11.1 Å². The van der Waals surface area contributed by atoms with Gasteiger partial charge in [0.25, 0.3) is 0 Å². The number of thiophene rings is 1. The summed E-state index contributed by atoms with van der Waals surface area (Å²) in [6.07, 6.45) is 0. The first-order valence-corrected chi connectivity index (χ1v) is 12.6. The molecule has 0 bridgehead atoms. The van der Waals surface area contributed by atoms with Gasteiger partial charge < -0.3 is 4.42 Å². The van der Waals surface area contributed by atoms with Crippen molar-refractivity contribution in [3.8, 4) is 22.4 Å². The molecule has 0 aliphatic heterocycles. The number of pyridine rings is 1. The van der Waals surface area contributed by atoms with Crippen molar-refractivity contribution in [2.45, 2.75) is 40.0 Å². The second kappa shape index (κ2) is 7.54. The highest BCUT2D eigenvalue weighted by molar-refractivity contribution is 7.17. The second-order valence-corrected chi connectivity index (χ2v) is 11.1. The van der Waals surface area contributed by atoms with Crippen molar-refractivity contribution >= 4 is 43.3 Å². The topological polar surface area (TPSA) is 26.0 Å². The van der Waals surface area contributed by atoms with Crippen molar-refractivity contribution in [2.24, 2.45) is 0 Å². The number of nitrogens with zero attached hydrogens (tertiary/aromatic N) is 1. The lowest BCUT2D eigenvalue weighted by Crippen LogP contribution is -2.12. The van der Waals surface area contributed by atoms with Gasteiger partial charge in [-0.3, -0.25) is 0 Å². The monoisotopic (exact) mass is 461 g/mol. The number of fused-ring (bicyclic) bond motifs is 3. The number of furan rings is 1. The van der Waals surface area contributed by atoms with E-state index in [0.717, 1.165) is 28.0 Å². The van der Waals surface area contributed by atoms with Crippen molar-refractivity contribution < 1.29 is 4.42 Å². The fourth-order valence-corrected chi connectivity index (χ4v) is 5.94. The molecule has 0 unspecified atom stereocenters. The van der Waals surface area contributed by atoms with Gasteiger partial charge in [-0.05, 0) is 70.8 Å². The van der Waals surface area contributed by atoms with Gasteiger partial charge >= 0.3 is 0 Å². The molecular formula is C31H27NOS. The Hall–Kier alpha value is -3.43. The molecular weight excluding hydrogens is 434 g/mol. The molecule has 0 amide bonds. The molecule has 3 aromatic heterocycles. The van der Waals surface area contributed by atoms with E-state index in [0.29, 0.717) is 5.71 Å². The average molecular weight is 462 g/mol. The van der Waals surface area contributed by atoms with Gasteiger partial charge in [0, 0.05) is 26.8 Å². The maximum Gasteiger partial charge on any atom is 0.227 e. The molecule has 6 rings (SSSR count). The summed E-state index contributed by atoms with van der Waals surface area (Å²) < 4.78 is 7.48. The van der Waals surface area contributed by atoms with Gasteiger partial charge in [-0.1, -0.05) is 63.2 Å². The molecule has 3 heteroatoms. The van der Waals surface area contributed by atoms with Gasteiger partial charge in [-0.2, -0.15) is 0 Å². The Kier molecular flexibility index (Phi) is 4.69. The van der Waals surface area contributed by atoms with Crippen LogP contribution in [0.4, 0.5) is 0 Å². The van der Waals surface area contributed by atoms with Crippen molar-refractivity contribution in [2.75, 3.05) is 0 Å². The second-order valence-electron chi connectivity index (χ2n) is 10.2. The molecule has 0 aliphatic carbocycles. The van der Waals surface area contributed by atoms with Gasteiger partial charge in [0.2, 0.25) is 5.71 Å². The Bertz CT molecular complexity index is 1710. The van der Waals surface area contributed by atoms with Crippen molar-refractivity contribution in [1.29, 1.82) is 0 Å². The molecule has 6 aromatic rings. The lowest BCUT2D eigenvalue weighted by Gasteiger charge is -2.22. The maximum atomic E-state index is 6.19. The number of hydrogen-bond acceptors (Lipinski definition) is 3. The lowest BCUT2D eigenvalue weighted by molar-refractivity contribution is 0.565. The summed E-state index contributed by atoms with van der Waals surface area (Å²) in [5.41, 5.74) is 7.73. The smallest absolute Gasteiger partial charge is 0.227 e. The fourth-order valence-electron chi connectivity index (χ4n) is 4.98. The standard InChI is InChI=1S/C31H27NOS/c1-18-19(2)33-30-29(18)24(25-17-34-28-13-9-8-12-23(25)28)16-27(32-30)21-14-20-10-6-7-11-22(20)26(15-21)31(3,4)5/h6-17H,1-5H3. The number of aryl methyl sites for hydroxylation is 2. The zero-order chi connectivity index (χ0) is 23.6. The molecule has 0 radical (unpaired) electrons. The molecule has 168 valence electrons. The summed E-state index contributed by atoms with van der Waals surface area (Å²) in [5.74, 6) is 0.925. The molecule has 34 heavy (non-hydrogen) atoms. The van der Waals surface area contributed by atoms with E-state index in [4.69, 9.17) is 9.40 Å². The Morgan fingerprint density at radius 1 is 0.824 bits per heavy atom. The molecule has 0 spiro atoms. The third kappa shape index (κ3) is 3.26. The Morgan fingerprint density at radius 3 is 2.35 bits per heavy atom. The summed E-state index contributed by atoms with van der Waals surface area (Å²) in [4.78, 5) is 5.04. The van der Waals surface area contributed by atoms with Crippen LogP contribution in [0.1, 0.15) is 37.7 Å². The minimum atomic E-state index is 0.0178. The van der Waals surface area contributed by atoms with Crippen LogP contribution in [0, 0.1) is 13.8 Å². The summed E-state index contributed by atoms with van der Waals surface area (Å²) in [7, 11) is 0. The first-order valence-electron chi connectivity index (χ1n) is 11.7. The van der Waals surface area contributed by atoms with E-state index in [1.54, 1.807) is 11.3 Å². The molecule has 0 saturated carbocycles. The predicted octanol–water partition coefficient (Wildman–Crippen LogP) is 9.44. The summed E-state index contributed by atoms with van der Waals surface area (Å²) in [6.45, 7) is 11.0. The van der Waals surface area contributed by atoms with Crippen LogP contribution in [-0.4, -0.2) is 4.98 Å². The van der Waals surface area contributed by atoms with Crippen LogP contribution in [0.25, 0.3) is 54.3 Å². The molecule has 0 N–H and O–H groups in total. The quantitative estimate of drug-likeness (QED) is 0.257. The van der Waals surface area contributed by atoms with E-state index in [9.17, 15) is 0 Å². The minimum absolute atomic E-state index is 0.0178. The van der Waals surface area contributed by atoms with Crippen molar-refractivity contribution in [3.05, 3.63) is 89.0 Å². The highest BCUT2D eigenvalue weighted by atomic mass is 32.1. The third-order valence-corrected chi connectivity index (χ3v) is 7.84. The summed E-state index contributed by atoms with van der Waals surface area (Å²) >= 11 is 1.79. The van der Waals surface area contributed by atoms with Gasteiger partial charge in [0.15, 0.2) is 0 Å². The summed E-state index contributed by atoms with van der Waals surface area (Å²) in [5, 5.41) is 7.20. The van der Waals surface area contributed by atoms with Crippen LogP contribution in [-0.2, 0) is 5.41 Å². The Labute approximate surface area is 203 Å². The maximum absolute atomic E-state index is 6.19. The van der Waals surface area contributed by atoms with Crippen LogP contribution < -0.4 is 0 Å². The van der Waals surface area contributed by atoms with Gasteiger partial charge in [-0.25, -0.2) is 4.98 Å². The zero-order valence-corrected chi connectivity index (χ0v) is 21.0. The van der Waals surface area contributed by atoms with E-state index < -0.39 is 0 Å². The van der Waals surface area contributed by atoms with Crippen LogP contribution in [0.5, 0.6) is 0 Å². The predicted molar refractivity (Wildman–Crippen MR) is 146 cm³/mol. The van der Waals surface area contributed by atoms with Crippen molar-refractivity contribution in [1.82, 2.24) is 4.98 Å². The van der Waals surface area contributed by atoms with Crippen LogP contribution in [0.3, 0.4) is 0 Å². The van der Waals surface area contributed by atoms with Crippen molar-refractivity contribution in [3.63, 3.8) is 0 Å². The van der Waals surface area contributed by atoms with E-state index in [2.05, 4.69) is 99.8 Å².